The molecule has 0 saturated carbocycles. The molecule has 2 atom stereocenters. The molecule has 2 rings (SSSR count). The largest absolute Gasteiger partial charge is 0.465 e. The minimum absolute atomic E-state index is 0.130. The van der Waals surface area contributed by atoms with Gasteiger partial charge < -0.3 is 10.4 Å². The van der Waals surface area contributed by atoms with Gasteiger partial charge in [0.2, 0.25) is 0 Å². The highest BCUT2D eigenvalue weighted by atomic mass is 16.7. The van der Waals surface area contributed by atoms with E-state index in [1.54, 1.807) is 0 Å². The SMILES string of the molecule is CC1CC(NC(=O)O)C(=O)N1OCCc1ccccc1. The Kier molecular flexibility index (Phi) is 4.57. The van der Waals surface area contributed by atoms with Crippen LogP contribution in [-0.4, -0.2) is 40.9 Å². The maximum absolute atomic E-state index is 12.0. The van der Waals surface area contributed by atoms with Crippen LogP contribution in [0.5, 0.6) is 0 Å². The zero-order valence-corrected chi connectivity index (χ0v) is 11.3. The fraction of sp³-hybridized carbons (Fsp3) is 0.429. The highest BCUT2D eigenvalue weighted by molar-refractivity contribution is 5.86. The van der Waals surface area contributed by atoms with Crippen molar-refractivity contribution in [1.82, 2.24) is 10.4 Å². The normalized spacial score (nSPS) is 22.1. The summed E-state index contributed by atoms with van der Waals surface area (Å²) in [6.07, 6.45) is -0.0631. The van der Waals surface area contributed by atoms with Crippen molar-refractivity contribution in [2.45, 2.75) is 31.8 Å². The van der Waals surface area contributed by atoms with E-state index in [1.807, 2.05) is 37.3 Å². The average molecular weight is 278 g/mol. The van der Waals surface area contributed by atoms with Crippen molar-refractivity contribution < 1.29 is 19.5 Å². The standard InChI is InChI=1S/C14H18N2O4/c1-10-9-12(15-14(18)19)13(17)16(10)20-8-7-11-5-3-2-4-6-11/h2-6,10,12,15H,7-9H2,1H3,(H,18,19). The highest BCUT2D eigenvalue weighted by Crippen LogP contribution is 2.19. The van der Waals surface area contributed by atoms with Gasteiger partial charge in [-0.15, -0.1) is 0 Å². The van der Waals surface area contributed by atoms with Crippen LogP contribution in [0.3, 0.4) is 0 Å². The molecule has 6 heteroatoms. The van der Waals surface area contributed by atoms with Crippen LogP contribution in [0.1, 0.15) is 18.9 Å². The molecule has 0 aliphatic carbocycles. The maximum atomic E-state index is 12.0. The summed E-state index contributed by atoms with van der Waals surface area (Å²) in [5.74, 6) is -0.326. The Balaban J connectivity index is 1.83. The lowest BCUT2D eigenvalue weighted by atomic mass is 10.2. The predicted molar refractivity (Wildman–Crippen MR) is 72.0 cm³/mol. The molecule has 0 aromatic heterocycles. The molecule has 1 aromatic carbocycles. The van der Waals surface area contributed by atoms with E-state index in [0.717, 1.165) is 5.56 Å². The van der Waals surface area contributed by atoms with Crippen molar-refractivity contribution in [3.8, 4) is 0 Å². The lowest BCUT2D eigenvalue weighted by molar-refractivity contribution is -0.187. The van der Waals surface area contributed by atoms with Crippen LogP contribution in [0.15, 0.2) is 30.3 Å². The van der Waals surface area contributed by atoms with Crippen molar-refractivity contribution in [1.29, 1.82) is 0 Å². The van der Waals surface area contributed by atoms with E-state index in [1.165, 1.54) is 5.06 Å². The van der Waals surface area contributed by atoms with Crippen LogP contribution < -0.4 is 5.32 Å². The van der Waals surface area contributed by atoms with Gasteiger partial charge in [-0.25, -0.2) is 9.86 Å². The van der Waals surface area contributed by atoms with Gasteiger partial charge in [0.1, 0.15) is 6.04 Å². The third-order valence-corrected chi connectivity index (χ3v) is 3.25. The first-order valence-corrected chi connectivity index (χ1v) is 6.57. The van der Waals surface area contributed by atoms with Crippen molar-refractivity contribution in [2.24, 2.45) is 0 Å². The number of amides is 2. The summed E-state index contributed by atoms with van der Waals surface area (Å²) < 4.78 is 0. The fourth-order valence-corrected chi connectivity index (χ4v) is 2.28. The van der Waals surface area contributed by atoms with Crippen molar-refractivity contribution in [3.05, 3.63) is 35.9 Å². The van der Waals surface area contributed by atoms with Crippen LogP contribution in [-0.2, 0) is 16.1 Å². The van der Waals surface area contributed by atoms with Crippen molar-refractivity contribution >= 4 is 12.0 Å². The first-order chi connectivity index (χ1) is 9.58. The van der Waals surface area contributed by atoms with E-state index in [-0.39, 0.29) is 11.9 Å². The fourth-order valence-electron chi connectivity index (χ4n) is 2.28. The summed E-state index contributed by atoms with van der Waals surface area (Å²) in [5, 5.41) is 12.2. The number of carbonyl (C=O) groups is 2. The van der Waals surface area contributed by atoms with Gasteiger partial charge in [-0.05, 0) is 25.3 Å². The van der Waals surface area contributed by atoms with Crippen LogP contribution in [0.4, 0.5) is 4.79 Å². The number of rotatable bonds is 5. The Morgan fingerprint density at radius 1 is 1.45 bits per heavy atom. The molecule has 1 heterocycles. The third kappa shape index (κ3) is 3.48. The Morgan fingerprint density at radius 3 is 2.80 bits per heavy atom. The average Bonchev–Trinajstić information content (AvgIpc) is 2.67. The topological polar surface area (TPSA) is 78.9 Å². The first-order valence-electron chi connectivity index (χ1n) is 6.57. The summed E-state index contributed by atoms with van der Waals surface area (Å²) in [6.45, 7) is 2.23. The summed E-state index contributed by atoms with van der Waals surface area (Å²) in [6, 6.07) is 8.99. The molecule has 0 spiro atoms. The third-order valence-electron chi connectivity index (χ3n) is 3.25. The molecule has 1 aromatic rings. The number of carbonyl (C=O) groups excluding carboxylic acids is 1. The zero-order chi connectivity index (χ0) is 14.5. The molecule has 1 saturated heterocycles. The number of benzene rings is 1. The first kappa shape index (κ1) is 14.3. The van der Waals surface area contributed by atoms with Gasteiger partial charge in [0.05, 0.1) is 12.6 Å². The predicted octanol–water partition coefficient (Wildman–Crippen LogP) is 1.42. The summed E-state index contributed by atoms with van der Waals surface area (Å²) in [5.41, 5.74) is 1.13. The van der Waals surface area contributed by atoms with Crippen LogP contribution in [0.2, 0.25) is 0 Å². The van der Waals surface area contributed by atoms with Crippen LogP contribution >= 0.6 is 0 Å². The molecule has 1 aliphatic rings. The minimum atomic E-state index is -1.19. The number of hydroxylamine groups is 2. The monoisotopic (exact) mass is 278 g/mol. The maximum Gasteiger partial charge on any atom is 0.405 e. The quantitative estimate of drug-likeness (QED) is 0.853. The molecule has 108 valence electrons. The number of hydrogen-bond donors (Lipinski definition) is 2. The summed E-state index contributed by atoms with van der Waals surface area (Å²) in [4.78, 5) is 28.1. The van der Waals surface area contributed by atoms with E-state index >= 15 is 0 Å². The van der Waals surface area contributed by atoms with Gasteiger partial charge >= 0.3 is 6.09 Å². The summed E-state index contributed by atoms with van der Waals surface area (Å²) >= 11 is 0. The highest BCUT2D eigenvalue weighted by Gasteiger charge is 2.39. The number of carboxylic acid groups (broad SMARTS) is 1. The van der Waals surface area contributed by atoms with Gasteiger partial charge in [-0.1, -0.05) is 30.3 Å². The van der Waals surface area contributed by atoms with E-state index in [4.69, 9.17) is 9.94 Å². The van der Waals surface area contributed by atoms with Crippen LogP contribution in [0.25, 0.3) is 0 Å². The second-order valence-electron chi connectivity index (χ2n) is 4.82. The van der Waals surface area contributed by atoms with Crippen LogP contribution in [0, 0.1) is 0 Å². The molecule has 0 radical (unpaired) electrons. The molecule has 2 unspecified atom stereocenters. The molecule has 2 amide bonds. The van der Waals surface area contributed by atoms with Gasteiger partial charge in [0.15, 0.2) is 0 Å². The molecule has 0 bridgehead atoms. The molecule has 2 N–H and O–H groups in total. The molecule has 1 aliphatic heterocycles. The zero-order valence-electron chi connectivity index (χ0n) is 11.3. The second-order valence-corrected chi connectivity index (χ2v) is 4.82. The van der Waals surface area contributed by atoms with E-state index in [9.17, 15) is 9.59 Å². The summed E-state index contributed by atoms with van der Waals surface area (Å²) in [7, 11) is 0. The van der Waals surface area contributed by atoms with Crippen molar-refractivity contribution in [3.63, 3.8) is 0 Å². The lowest BCUT2D eigenvalue weighted by Gasteiger charge is -2.20. The van der Waals surface area contributed by atoms with E-state index < -0.39 is 12.1 Å². The van der Waals surface area contributed by atoms with E-state index in [0.29, 0.717) is 19.4 Å². The molecule has 20 heavy (non-hydrogen) atoms. The second kappa shape index (κ2) is 6.38. The molecule has 6 nitrogen and oxygen atoms in total. The molecular weight excluding hydrogens is 260 g/mol. The van der Waals surface area contributed by atoms with Gasteiger partial charge in [-0.2, -0.15) is 0 Å². The van der Waals surface area contributed by atoms with Crippen molar-refractivity contribution in [2.75, 3.05) is 6.61 Å². The number of hydrogen-bond acceptors (Lipinski definition) is 3. The van der Waals surface area contributed by atoms with Gasteiger partial charge in [-0.3, -0.25) is 9.63 Å². The molecular formula is C14H18N2O4. The Morgan fingerprint density at radius 2 is 2.15 bits per heavy atom. The van der Waals surface area contributed by atoms with E-state index in [2.05, 4.69) is 5.32 Å². The minimum Gasteiger partial charge on any atom is -0.465 e. The lowest BCUT2D eigenvalue weighted by Crippen LogP contribution is -2.41. The Bertz CT molecular complexity index is 477. The Hall–Kier alpha value is -2.08. The van der Waals surface area contributed by atoms with Gasteiger partial charge in [0, 0.05) is 0 Å². The molecule has 1 fully saturated rings. The number of nitrogens with zero attached hydrogens (tertiary/aromatic N) is 1. The Labute approximate surface area is 117 Å². The smallest absolute Gasteiger partial charge is 0.405 e. The van der Waals surface area contributed by atoms with Gasteiger partial charge in [0.25, 0.3) is 5.91 Å². The number of nitrogens with one attached hydrogen (secondary N) is 1.